The van der Waals surface area contributed by atoms with E-state index >= 15 is 0 Å². The Hall–Kier alpha value is -1.76. The zero-order valence-electron chi connectivity index (χ0n) is 12.4. The highest BCUT2D eigenvalue weighted by Gasteiger charge is 2.17. The van der Waals surface area contributed by atoms with Gasteiger partial charge in [-0.2, -0.15) is 0 Å². The molecule has 0 aromatic heterocycles. The average Bonchev–Trinajstić information content (AvgIpc) is 2.99. The molecule has 0 spiro atoms. The van der Waals surface area contributed by atoms with Crippen molar-refractivity contribution < 1.29 is 14.3 Å². The van der Waals surface area contributed by atoms with Gasteiger partial charge in [0.1, 0.15) is 6.42 Å². The van der Waals surface area contributed by atoms with E-state index in [1.54, 1.807) is 25.1 Å². The van der Waals surface area contributed by atoms with Crippen LogP contribution in [0.5, 0.6) is 0 Å². The van der Waals surface area contributed by atoms with Crippen LogP contribution >= 0.6 is 15.9 Å². The maximum Gasteiger partial charge on any atom is 0.313 e. The molecule has 0 atom stereocenters. The number of benzene rings is 1. The summed E-state index contributed by atoms with van der Waals surface area (Å²) in [6.07, 6.45) is 1.92. The summed E-state index contributed by atoms with van der Waals surface area (Å²) < 4.78 is 5.56. The Balaban J connectivity index is 2.16. The maximum atomic E-state index is 12.3. The number of hydrogen-bond donors (Lipinski definition) is 0. The minimum absolute atomic E-state index is 0.256. The molecule has 118 valence electrons. The first-order valence-electron chi connectivity index (χ1n) is 7.25. The molecule has 0 N–H and O–H groups in total. The topological polar surface area (TPSA) is 71.3 Å². The Morgan fingerprint density at radius 2 is 2.05 bits per heavy atom. The number of rotatable bonds is 6. The van der Waals surface area contributed by atoms with Gasteiger partial charge in [0, 0.05) is 23.1 Å². The summed E-state index contributed by atoms with van der Waals surface area (Å²) in [4.78, 5) is 23.7. The average molecular weight is 368 g/mol. The summed E-state index contributed by atoms with van der Waals surface area (Å²) in [5, 5.41) is 10.2. The van der Waals surface area contributed by atoms with E-state index in [-0.39, 0.29) is 18.8 Å². The van der Waals surface area contributed by atoms with Crippen LogP contribution in [0.4, 0.5) is 5.69 Å². The molecule has 2 rings (SSSR count). The van der Waals surface area contributed by atoms with Gasteiger partial charge in [0.15, 0.2) is 5.78 Å². The first-order chi connectivity index (χ1) is 10.6. The third-order valence-electron chi connectivity index (χ3n) is 3.23. The quantitative estimate of drug-likeness (QED) is 0.332. The summed E-state index contributed by atoms with van der Waals surface area (Å²) in [5.74, 6) is -0.856. The van der Waals surface area contributed by atoms with E-state index in [1.807, 2.05) is 5.01 Å². The fraction of sp³-hybridized carbons (Fsp3) is 0.467. The molecule has 1 aliphatic heterocycles. The van der Waals surface area contributed by atoms with Gasteiger partial charge >= 0.3 is 5.97 Å². The predicted octanol–water partition coefficient (Wildman–Crippen LogP) is 3.68. The predicted molar refractivity (Wildman–Crippen MR) is 85.0 cm³/mol. The normalized spacial score (nSPS) is 14.5. The molecule has 0 bridgehead atoms. The van der Waals surface area contributed by atoms with Crippen molar-refractivity contribution in [1.29, 1.82) is 0 Å². The summed E-state index contributed by atoms with van der Waals surface area (Å²) >= 11 is 3.33. The first kappa shape index (κ1) is 16.6. The standard InChI is InChI=1S/C15H18BrN3O3/c1-2-22-15(21)10-14(20)12-9-11(16)5-6-13(12)17-18-19-7-3-4-8-19/h5-6,9H,2-4,7-8,10H2,1H3/b18-17+. The van der Waals surface area contributed by atoms with E-state index in [2.05, 4.69) is 26.3 Å². The third kappa shape index (κ3) is 4.62. The Bertz CT molecular complexity index is 583. The van der Waals surface area contributed by atoms with Gasteiger partial charge in [0.25, 0.3) is 0 Å². The minimum atomic E-state index is -0.532. The van der Waals surface area contributed by atoms with Crippen molar-refractivity contribution >= 4 is 33.4 Å². The summed E-state index contributed by atoms with van der Waals surface area (Å²) in [6.45, 7) is 3.72. The first-order valence-corrected chi connectivity index (χ1v) is 8.04. The van der Waals surface area contributed by atoms with E-state index in [0.717, 1.165) is 30.4 Å². The molecule has 1 saturated heterocycles. The van der Waals surface area contributed by atoms with Crippen LogP contribution in [0.1, 0.15) is 36.5 Å². The highest BCUT2D eigenvalue weighted by Crippen LogP contribution is 2.26. The Morgan fingerprint density at radius 3 is 2.73 bits per heavy atom. The second-order valence-electron chi connectivity index (χ2n) is 4.92. The van der Waals surface area contributed by atoms with Crippen LogP contribution in [0.25, 0.3) is 0 Å². The molecule has 1 heterocycles. The van der Waals surface area contributed by atoms with Crippen molar-refractivity contribution in [3.05, 3.63) is 28.2 Å². The van der Waals surface area contributed by atoms with Gasteiger partial charge in [-0.05, 0) is 38.0 Å². The van der Waals surface area contributed by atoms with Crippen molar-refractivity contribution in [2.45, 2.75) is 26.2 Å². The summed E-state index contributed by atoms with van der Waals surface area (Å²) in [6, 6.07) is 5.15. The molecule has 1 fully saturated rings. The minimum Gasteiger partial charge on any atom is -0.466 e. The fourth-order valence-corrected chi connectivity index (χ4v) is 2.52. The van der Waals surface area contributed by atoms with Crippen LogP contribution in [0.3, 0.4) is 0 Å². The molecule has 0 amide bonds. The fourth-order valence-electron chi connectivity index (χ4n) is 2.16. The molecule has 0 aliphatic carbocycles. The van der Waals surface area contributed by atoms with Gasteiger partial charge < -0.3 is 4.74 Å². The van der Waals surface area contributed by atoms with E-state index in [4.69, 9.17) is 4.74 Å². The van der Waals surface area contributed by atoms with Crippen molar-refractivity contribution in [2.24, 2.45) is 10.3 Å². The van der Waals surface area contributed by atoms with Crippen molar-refractivity contribution in [3.63, 3.8) is 0 Å². The van der Waals surface area contributed by atoms with Crippen LogP contribution in [0.2, 0.25) is 0 Å². The van der Waals surface area contributed by atoms with Gasteiger partial charge in [0.05, 0.1) is 12.3 Å². The van der Waals surface area contributed by atoms with Gasteiger partial charge in [-0.3, -0.25) is 14.6 Å². The molecular formula is C15H18BrN3O3. The molecule has 1 aliphatic rings. The molecule has 1 aromatic rings. The number of hydrogen-bond acceptors (Lipinski definition) is 5. The summed E-state index contributed by atoms with van der Waals surface area (Å²) in [7, 11) is 0. The van der Waals surface area contributed by atoms with Gasteiger partial charge in [-0.15, -0.1) is 5.11 Å². The second kappa shape index (κ2) is 8.03. The molecule has 0 unspecified atom stereocenters. The Labute approximate surface area is 137 Å². The second-order valence-corrected chi connectivity index (χ2v) is 5.83. The van der Waals surface area contributed by atoms with Crippen LogP contribution in [-0.2, 0) is 9.53 Å². The number of halogens is 1. The van der Waals surface area contributed by atoms with Gasteiger partial charge in [-0.25, -0.2) is 0 Å². The molecular weight excluding hydrogens is 350 g/mol. The lowest BCUT2D eigenvalue weighted by molar-refractivity contribution is -0.141. The number of Topliss-reactive ketones (excluding diaryl/α,β-unsaturated/α-hetero) is 1. The van der Waals surface area contributed by atoms with E-state index in [9.17, 15) is 9.59 Å². The zero-order chi connectivity index (χ0) is 15.9. The van der Waals surface area contributed by atoms with Gasteiger partial charge in [0.2, 0.25) is 0 Å². The van der Waals surface area contributed by atoms with Crippen LogP contribution < -0.4 is 0 Å². The summed E-state index contributed by atoms with van der Waals surface area (Å²) in [5.41, 5.74) is 0.828. The SMILES string of the molecule is CCOC(=O)CC(=O)c1cc(Br)ccc1/N=N/N1CCCC1. The van der Waals surface area contributed by atoms with E-state index < -0.39 is 5.97 Å². The third-order valence-corrected chi connectivity index (χ3v) is 3.72. The van der Waals surface area contributed by atoms with Crippen LogP contribution in [0, 0.1) is 0 Å². The molecule has 0 saturated carbocycles. The molecule has 22 heavy (non-hydrogen) atoms. The van der Waals surface area contributed by atoms with Gasteiger partial charge in [-0.1, -0.05) is 21.2 Å². The van der Waals surface area contributed by atoms with E-state index in [1.165, 1.54) is 0 Å². The van der Waals surface area contributed by atoms with E-state index in [0.29, 0.717) is 11.3 Å². The van der Waals surface area contributed by atoms with Crippen molar-refractivity contribution in [2.75, 3.05) is 19.7 Å². The Kier molecular flexibility index (Phi) is 6.06. The number of carbonyl (C=O) groups is 2. The lowest BCUT2D eigenvalue weighted by Crippen LogP contribution is -2.12. The number of carbonyl (C=O) groups excluding carboxylic acids is 2. The molecule has 1 aromatic carbocycles. The number of ether oxygens (including phenoxy) is 1. The molecule has 0 radical (unpaired) electrons. The maximum absolute atomic E-state index is 12.3. The lowest BCUT2D eigenvalue weighted by Gasteiger charge is -2.09. The van der Waals surface area contributed by atoms with Crippen LogP contribution in [0.15, 0.2) is 33.0 Å². The Morgan fingerprint density at radius 1 is 1.32 bits per heavy atom. The van der Waals surface area contributed by atoms with Crippen molar-refractivity contribution in [3.8, 4) is 0 Å². The lowest BCUT2D eigenvalue weighted by atomic mass is 10.1. The molecule has 6 nitrogen and oxygen atoms in total. The smallest absolute Gasteiger partial charge is 0.313 e. The highest BCUT2D eigenvalue weighted by molar-refractivity contribution is 9.10. The number of ketones is 1. The van der Waals surface area contributed by atoms with Crippen molar-refractivity contribution in [1.82, 2.24) is 5.01 Å². The number of esters is 1. The zero-order valence-corrected chi connectivity index (χ0v) is 14.0. The largest absolute Gasteiger partial charge is 0.466 e. The molecule has 7 heteroatoms. The highest BCUT2D eigenvalue weighted by atomic mass is 79.9. The number of nitrogens with zero attached hydrogens (tertiary/aromatic N) is 3. The van der Waals surface area contributed by atoms with Crippen LogP contribution in [-0.4, -0.2) is 36.5 Å². The monoisotopic (exact) mass is 367 g/mol.